The number of rotatable bonds is 6. The van der Waals surface area contributed by atoms with E-state index in [1.165, 1.54) is 31.4 Å². The van der Waals surface area contributed by atoms with Crippen molar-refractivity contribution in [3.05, 3.63) is 54.1 Å². The van der Waals surface area contributed by atoms with Crippen LogP contribution in [0, 0.1) is 0 Å². The molecule has 5 nitrogen and oxygen atoms in total. The lowest BCUT2D eigenvalue weighted by atomic mass is 10.1. The average molecular weight is 395 g/mol. The molecule has 2 aliphatic heterocycles. The zero-order valence-corrected chi connectivity index (χ0v) is 16.9. The predicted molar refractivity (Wildman–Crippen MR) is 116 cm³/mol. The number of hydrogen-bond acceptors (Lipinski definition) is 4. The highest BCUT2D eigenvalue weighted by Gasteiger charge is 2.16. The molecule has 2 heterocycles. The summed E-state index contributed by atoms with van der Waals surface area (Å²) in [5.74, 6) is 0.556. The van der Waals surface area contributed by atoms with Crippen molar-refractivity contribution in [1.29, 1.82) is 0 Å². The van der Waals surface area contributed by atoms with Crippen molar-refractivity contribution in [3.63, 3.8) is 0 Å². The highest BCUT2D eigenvalue weighted by atomic mass is 16.5. The zero-order valence-electron chi connectivity index (χ0n) is 16.9. The number of nitrogens with one attached hydrogen (secondary N) is 1. The van der Waals surface area contributed by atoms with Crippen LogP contribution in [-0.2, 0) is 4.74 Å². The Labute approximate surface area is 173 Å². The lowest BCUT2D eigenvalue weighted by molar-refractivity contribution is -0.0109. The van der Waals surface area contributed by atoms with Crippen LogP contribution >= 0.6 is 0 Å². The van der Waals surface area contributed by atoms with Crippen LogP contribution in [0.3, 0.4) is 0 Å². The van der Waals surface area contributed by atoms with E-state index in [0.717, 1.165) is 32.5 Å². The van der Waals surface area contributed by atoms with E-state index < -0.39 is 0 Å². The molecule has 2 aliphatic rings. The van der Waals surface area contributed by atoms with Crippen LogP contribution in [0.4, 0.5) is 11.4 Å². The van der Waals surface area contributed by atoms with Gasteiger partial charge in [0, 0.05) is 30.9 Å². The molecule has 29 heavy (non-hydrogen) atoms. The normalized spacial score (nSPS) is 19.6. The van der Waals surface area contributed by atoms with Crippen LogP contribution in [0.25, 0.3) is 0 Å². The Morgan fingerprint density at radius 3 is 2.55 bits per heavy atom. The van der Waals surface area contributed by atoms with Gasteiger partial charge in [0.2, 0.25) is 0 Å². The van der Waals surface area contributed by atoms with Gasteiger partial charge < -0.3 is 19.7 Å². The van der Waals surface area contributed by atoms with Crippen LogP contribution in [0.15, 0.2) is 48.5 Å². The van der Waals surface area contributed by atoms with Crippen molar-refractivity contribution in [2.45, 2.75) is 44.6 Å². The fourth-order valence-electron chi connectivity index (χ4n) is 3.99. The maximum Gasteiger partial charge on any atom is 0.255 e. The van der Waals surface area contributed by atoms with E-state index in [2.05, 4.69) is 10.2 Å². The third-order valence-electron chi connectivity index (χ3n) is 5.68. The predicted octanol–water partition coefficient (Wildman–Crippen LogP) is 4.88. The summed E-state index contributed by atoms with van der Waals surface area (Å²) < 4.78 is 11.7. The van der Waals surface area contributed by atoms with Crippen LogP contribution in [0.2, 0.25) is 0 Å². The first kappa shape index (κ1) is 19.8. The molecule has 1 amide bonds. The average Bonchev–Trinajstić information content (AvgIpc) is 2.80. The first-order valence-electron chi connectivity index (χ1n) is 10.8. The minimum absolute atomic E-state index is 0.125. The zero-order chi connectivity index (χ0) is 19.9. The molecule has 5 heteroatoms. The molecule has 2 aromatic carbocycles. The van der Waals surface area contributed by atoms with Crippen molar-refractivity contribution in [3.8, 4) is 5.75 Å². The second-order valence-electron chi connectivity index (χ2n) is 7.84. The van der Waals surface area contributed by atoms with Crippen LogP contribution in [-0.4, -0.2) is 38.3 Å². The molecule has 0 aliphatic carbocycles. The summed E-state index contributed by atoms with van der Waals surface area (Å²) in [4.78, 5) is 15.1. The number of amides is 1. The van der Waals surface area contributed by atoms with Crippen molar-refractivity contribution in [2.75, 3.05) is 36.5 Å². The molecule has 154 valence electrons. The summed E-state index contributed by atoms with van der Waals surface area (Å²) in [7, 11) is 0. The lowest BCUT2D eigenvalue weighted by Crippen LogP contribution is -2.29. The monoisotopic (exact) mass is 394 g/mol. The van der Waals surface area contributed by atoms with E-state index in [-0.39, 0.29) is 12.0 Å². The second kappa shape index (κ2) is 9.79. The highest BCUT2D eigenvalue weighted by Crippen LogP contribution is 2.26. The maximum absolute atomic E-state index is 12.8. The molecular weight excluding hydrogens is 364 g/mol. The SMILES string of the molecule is O=C(Nc1ccccc1OC[C@@H]1CCCCO1)c1ccc(N2CCCCC2)cc1. The van der Waals surface area contributed by atoms with Gasteiger partial charge in [-0.05, 0) is 74.9 Å². The molecular formula is C24H30N2O3. The van der Waals surface area contributed by atoms with Gasteiger partial charge in [-0.25, -0.2) is 0 Å². The van der Waals surface area contributed by atoms with Gasteiger partial charge in [-0.3, -0.25) is 4.79 Å². The van der Waals surface area contributed by atoms with Gasteiger partial charge in [0.25, 0.3) is 5.91 Å². The first-order chi connectivity index (χ1) is 14.3. The molecule has 0 bridgehead atoms. The number of benzene rings is 2. The van der Waals surface area contributed by atoms with Crippen LogP contribution in [0.1, 0.15) is 48.9 Å². The van der Waals surface area contributed by atoms with Crippen molar-refractivity contribution in [1.82, 2.24) is 0 Å². The minimum atomic E-state index is -0.125. The topological polar surface area (TPSA) is 50.8 Å². The van der Waals surface area contributed by atoms with E-state index in [1.54, 1.807) is 0 Å². The molecule has 1 N–H and O–H groups in total. The molecule has 0 spiro atoms. The van der Waals surface area contributed by atoms with Crippen molar-refractivity contribution in [2.24, 2.45) is 0 Å². The van der Waals surface area contributed by atoms with Gasteiger partial charge in [-0.15, -0.1) is 0 Å². The van der Waals surface area contributed by atoms with Gasteiger partial charge in [0.1, 0.15) is 12.4 Å². The summed E-state index contributed by atoms with van der Waals surface area (Å²) in [5.41, 5.74) is 2.53. The Balaban J connectivity index is 1.37. The lowest BCUT2D eigenvalue weighted by Gasteiger charge is -2.28. The Hall–Kier alpha value is -2.53. The number of ether oxygens (including phenoxy) is 2. The molecule has 4 rings (SSSR count). The van der Waals surface area contributed by atoms with Gasteiger partial charge in [0.05, 0.1) is 11.8 Å². The number of nitrogens with zero attached hydrogens (tertiary/aromatic N) is 1. The minimum Gasteiger partial charge on any atom is -0.489 e. The summed E-state index contributed by atoms with van der Waals surface area (Å²) >= 11 is 0. The van der Waals surface area contributed by atoms with Crippen LogP contribution in [0.5, 0.6) is 5.75 Å². The number of carbonyl (C=O) groups excluding carboxylic acids is 1. The van der Waals surface area contributed by atoms with Crippen LogP contribution < -0.4 is 15.0 Å². The van der Waals surface area contributed by atoms with Crippen molar-refractivity contribution >= 4 is 17.3 Å². The highest BCUT2D eigenvalue weighted by molar-refractivity contribution is 6.05. The molecule has 2 fully saturated rings. The summed E-state index contributed by atoms with van der Waals surface area (Å²) in [6, 6.07) is 15.5. The summed E-state index contributed by atoms with van der Waals surface area (Å²) in [6.07, 6.45) is 7.26. The fourth-order valence-corrected chi connectivity index (χ4v) is 3.99. The first-order valence-corrected chi connectivity index (χ1v) is 10.8. The van der Waals surface area contributed by atoms with Gasteiger partial charge >= 0.3 is 0 Å². The molecule has 2 saturated heterocycles. The Kier molecular flexibility index (Phi) is 6.67. The third-order valence-corrected chi connectivity index (χ3v) is 5.68. The number of anilines is 2. The summed E-state index contributed by atoms with van der Waals surface area (Å²) in [5, 5.41) is 3.00. The Morgan fingerprint density at radius 1 is 1.00 bits per heavy atom. The molecule has 0 aromatic heterocycles. The van der Waals surface area contributed by atoms with E-state index in [0.29, 0.717) is 23.6 Å². The van der Waals surface area contributed by atoms with E-state index in [4.69, 9.17) is 9.47 Å². The third kappa shape index (κ3) is 5.30. The summed E-state index contributed by atoms with van der Waals surface area (Å²) in [6.45, 7) is 3.51. The van der Waals surface area contributed by atoms with Gasteiger partial charge in [-0.2, -0.15) is 0 Å². The second-order valence-corrected chi connectivity index (χ2v) is 7.84. The fraction of sp³-hybridized carbons (Fsp3) is 0.458. The number of hydrogen-bond donors (Lipinski definition) is 1. The Morgan fingerprint density at radius 2 is 1.79 bits per heavy atom. The largest absolute Gasteiger partial charge is 0.489 e. The molecule has 1 atom stereocenters. The quantitative estimate of drug-likeness (QED) is 0.759. The standard InChI is InChI=1S/C24H30N2O3/c27-24(19-11-13-20(14-12-19)26-15-5-1-6-16-26)25-22-9-2-3-10-23(22)29-18-21-8-4-7-17-28-21/h2-3,9-14,21H,1,4-8,15-18H2,(H,25,27)/t21-/m0/s1. The van der Waals surface area contributed by atoms with E-state index >= 15 is 0 Å². The molecule has 0 radical (unpaired) electrons. The van der Waals surface area contributed by atoms with E-state index in [9.17, 15) is 4.79 Å². The molecule has 0 unspecified atom stereocenters. The smallest absolute Gasteiger partial charge is 0.255 e. The van der Waals surface area contributed by atoms with Gasteiger partial charge in [-0.1, -0.05) is 12.1 Å². The van der Waals surface area contributed by atoms with E-state index in [1.807, 2.05) is 48.5 Å². The Bertz CT molecular complexity index is 794. The number of carbonyl (C=O) groups is 1. The number of para-hydroxylation sites is 2. The number of piperidine rings is 1. The molecule has 0 saturated carbocycles. The van der Waals surface area contributed by atoms with Gasteiger partial charge in [0.15, 0.2) is 0 Å². The maximum atomic E-state index is 12.8. The van der Waals surface area contributed by atoms with Crippen molar-refractivity contribution < 1.29 is 14.3 Å². The molecule has 2 aromatic rings.